The third-order valence-corrected chi connectivity index (χ3v) is 5.27. The molecule has 6 heteroatoms. The molecule has 2 aliphatic heterocycles. The molecule has 2 saturated heterocycles. The summed E-state index contributed by atoms with van der Waals surface area (Å²) in [4.78, 5) is 26.9. The summed E-state index contributed by atoms with van der Waals surface area (Å²) in [5.41, 5.74) is 2.11. The molecule has 0 aromatic heterocycles. The maximum atomic E-state index is 12.6. The Balaban J connectivity index is 0.00000225. The molecular formula is C19H28ClN3O2. The Kier molecular flexibility index (Phi) is 6.85. The van der Waals surface area contributed by atoms with Crippen LogP contribution in [0.5, 0.6) is 0 Å². The maximum absolute atomic E-state index is 12.6. The van der Waals surface area contributed by atoms with E-state index in [1.54, 1.807) is 4.90 Å². The lowest BCUT2D eigenvalue weighted by molar-refractivity contribution is -0.127. The van der Waals surface area contributed by atoms with Gasteiger partial charge < -0.3 is 15.5 Å². The third-order valence-electron chi connectivity index (χ3n) is 5.27. The van der Waals surface area contributed by atoms with Crippen molar-refractivity contribution >= 4 is 29.9 Å². The van der Waals surface area contributed by atoms with Crippen LogP contribution >= 0.6 is 12.4 Å². The first-order chi connectivity index (χ1) is 11.6. The van der Waals surface area contributed by atoms with Crippen LogP contribution in [0.15, 0.2) is 24.3 Å². The number of piperidine rings is 1. The normalized spacial score (nSPS) is 26.2. The second-order valence-electron chi connectivity index (χ2n) is 6.97. The monoisotopic (exact) mass is 365 g/mol. The standard InChI is InChI=1S/C19H27N3O2.ClH/c1-3-14-6-4-5-7-17(14)22-12-15(10-18(22)23)19(24)21-16-8-9-20-11-13(16)2;/h4-7,13,15-16,20H,3,8-12H2,1-2H3,(H,21,24);1H. The van der Waals surface area contributed by atoms with E-state index in [0.717, 1.165) is 37.2 Å². The molecule has 1 aromatic rings. The zero-order valence-electron chi connectivity index (χ0n) is 15.0. The van der Waals surface area contributed by atoms with Crippen LogP contribution < -0.4 is 15.5 Å². The summed E-state index contributed by atoms with van der Waals surface area (Å²) in [6, 6.07) is 8.18. The molecule has 25 heavy (non-hydrogen) atoms. The van der Waals surface area contributed by atoms with Crippen LogP contribution in [0.4, 0.5) is 5.69 Å². The Morgan fingerprint density at radius 3 is 2.84 bits per heavy atom. The van der Waals surface area contributed by atoms with E-state index in [0.29, 0.717) is 18.9 Å². The largest absolute Gasteiger partial charge is 0.353 e. The number of benzene rings is 1. The average molecular weight is 366 g/mol. The SMILES string of the molecule is CCc1ccccc1N1CC(C(=O)NC2CCNCC2C)CC1=O.Cl. The van der Waals surface area contributed by atoms with E-state index in [9.17, 15) is 9.59 Å². The van der Waals surface area contributed by atoms with Gasteiger partial charge >= 0.3 is 0 Å². The van der Waals surface area contributed by atoms with Gasteiger partial charge in [-0.1, -0.05) is 32.0 Å². The number of aryl methyl sites for hydroxylation is 1. The van der Waals surface area contributed by atoms with Gasteiger partial charge in [-0.3, -0.25) is 9.59 Å². The summed E-state index contributed by atoms with van der Waals surface area (Å²) in [6.45, 7) is 6.60. The van der Waals surface area contributed by atoms with Crippen molar-refractivity contribution in [2.75, 3.05) is 24.5 Å². The molecule has 138 valence electrons. The summed E-state index contributed by atoms with van der Waals surface area (Å²) in [5, 5.41) is 6.52. The van der Waals surface area contributed by atoms with Crippen LogP contribution in [-0.2, 0) is 16.0 Å². The Labute approximate surface area is 155 Å². The highest BCUT2D eigenvalue weighted by Gasteiger charge is 2.37. The summed E-state index contributed by atoms with van der Waals surface area (Å²) in [7, 11) is 0. The van der Waals surface area contributed by atoms with Crippen molar-refractivity contribution < 1.29 is 9.59 Å². The number of anilines is 1. The summed E-state index contributed by atoms with van der Waals surface area (Å²) < 4.78 is 0. The van der Waals surface area contributed by atoms with Crippen LogP contribution in [0.3, 0.4) is 0 Å². The van der Waals surface area contributed by atoms with E-state index in [1.807, 2.05) is 24.3 Å². The van der Waals surface area contributed by atoms with Gasteiger partial charge in [0.2, 0.25) is 11.8 Å². The lowest BCUT2D eigenvalue weighted by atomic mass is 9.94. The van der Waals surface area contributed by atoms with E-state index in [1.165, 1.54) is 0 Å². The molecule has 3 unspecified atom stereocenters. The van der Waals surface area contributed by atoms with E-state index in [4.69, 9.17) is 0 Å². The molecule has 3 rings (SSSR count). The minimum Gasteiger partial charge on any atom is -0.353 e. The molecule has 0 spiro atoms. The van der Waals surface area contributed by atoms with Crippen LogP contribution in [-0.4, -0.2) is 37.5 Å². The zero-order valence-corrected chi connectivity index (χ0v) is 15.8. The summed E-state index contributed by atoms with van der Waals surface area (Å²) in [6.07, 6.45) is 2.14. The fourth-order valence-electron chi connectivity index (χ4n) is 3.72. The van der Waals surface area contributed by atoms with Crippen LogP contribution in [0.2, 0.25) is 0 Å². The topological polar surface area (TPSA) is 61.4 Å². The first kappa shape index (κ1) is 19.7. The van der Waals surface area contributed by atoms with Crippen molar-refractivity contribution in [2.45, 2.75) is 39.2 Å². The third kappa shape index (κ3) is 4.33. The number of carbonyl (C=O) groups is 2. The van der Waals surface area contributed by atoms with Crippen molar-refractivity contribution in [2.24, 2.45) is 11.8 Å². The molecule has 2 heterocycles. The summed E-state index contributed by atoms with van der Waals surface area (Å²) >= 11 is 0. The number of para-hydroxylation sites is 1. The van der Waals surface area contributed by atoms with Crippen LogP contribution in [0.1, 0.15) is 32.3 Å². The maximum Gasteiger partial charge on any atom is 0.227 e. The molecule has 0 radical (unpaired) electrons. The summed E-state index contributed by atoms with van der Waals surface area (Å²) in [5.74, 6) is 0.259. The number of halogens is 1. The number of hydrogen-bond acceptors (Lipinski definition) is 3. The molecule has 2 aliphatic rings. The quantitative estimate of drug-likeness (QED) is 0.859. The van der Waals surface area contributed by atoms with Crippen LogP contribution in [0, 0.1) is 11.8 Å². The number of nitrogens with zero attached hydrogens (tertiary/aromatic N) is 1. The van der Waals surface area contributed by atoms with Crippen molar-refractivity contribution in [3.8, 4) is 0 Å². The smallest absolute Gasteiger partial charge is 0.227 e. The van der Waals surface area contributed by atoms with E-state index in [-0.39, 0.29) is 36.2 Å². The molecule has 2 fully saturated rings. The highest BCUT2D eigenvalue weighted by molar-refractivity contribution is 6.00. The van der Waals surface area contributed by atoms with Gasteiger partial charge in [0.15, 0.2) is 0 Å². The lowest BCUT2D eigenvalue weighted by Gasteiger charge is -2.31. The van der Waals surface area contributed by atoms with Gasteiger partial charge in [-0.2, -0.15) is 0 Å². The number of carbonyl (C=O) groups excluding carboxylic acids is 2. The molecule has 0 bridgehead atoms. The Bertz CT molecular complexity index is 622. The zero-order chi connectivity index (χ0) is 17.1. The number of amides is 2. The molecule has 2 N–H and O–H groups in total. The molecule has 3 atom stereocenters. The van der Waals surface area contributed by atoms with Gasteiger partial charge in [0, 0.05) is 24.7 Å². The Hall–Kier alpha value is -1.59. The van der Waals surface area contributed by atoms with Gasteiger partial charge in [0.1, 0.15) is 0 Å². The second kappa shape index (κ2) is 8.68. The molecular weight excluding hydrogens is 338 g/mol. The van der Waals surface area contributed by atoms with Gasteiger partial charge in [0.05, 0.1) is 5.92 Å². The molecule has 0 saturated carbocycles. The fraction of sp³-hybridized carbons (Fsp3) is 0.579. The van der Waals surface area contributed by atoms with Crippen molar-refractivity contribution in [3.05, 3.63) is 29.8 Å². The minimum atomic E-state index is -0.246. The number of hydrogen-bond donors (Lipinski definition) is 2. The van der Waals surface area contributed by atoms with Crippen molar-refractivity contribution in [3.63, 3.8) is 0 Å². The number of nitrogens with one attached hydrogen (secondary N) is 2. The van der Waals surface area contributed by atoms with E-state index >= 15 is 0 Å². The molecule has 2 amide bonds. The van der Waals surface area contributed by atoms with Crippen molar-refractivity contribution in [1.29, 1.82) is 0 Å². The van der Waals surface area contributed by atoms with E-state index < -0.39 is 0 Å². The molecule has 5 nitrogen and oxygen atoms in total. The predicted octanol–water partition coefficient (Wildman–Crippen LogP) is 2.14. The highest BCUT2D eigenvalue weighted by Crippen LogP contribution is 2.28. The Morgan fingerprint density at radius 2 is 2.12 bits per heavy atom. The fourth-order valence-corrected chi connectivity index (χ4v) is 3.72. The van der Waals surface area contributed by atoms with Gasteiger partial charge in [-0.15, -0.1) is 12.4 Å². The van der Waals surface area contributed by atoms with Gasteiger partial charge in [-0.05, 0) is 43.5 Å². The Morgan fingerprint density at radius 1 is 1.36 bits per heavy atom. The lowest BCUT2D eigenvalue weighted by Crippen LogP contribution is -2.50. The minimum absolute atomic E-state index is 0. The highest BCUT2D eigenvalue weighted by atomic mass is 35.5. The molecule has 0 aliphatic carbocycles. The van der Waals surface area contributed by atoms with Gasteiger partial charge in [0.25, 0.3) is 0 Å². The predicted molar refractivity (Wildman–Crippen MR) is 102 cm³/mol. The molecule has 1 aromatic carbocycles. The average Bonchev–Trinajstić information content (AvgIpc) is 2.98. The van der Waals surface area contributed by atoms with Crippen LogP contribution in [0.25, 0.3) is 0 Å². The first-order valence-electron chi connectivity index (χ1n) is 8.99. The number of rotatable bonds is 4. The van der Waals surface area contributed by atoms with Crippen molar-refractivity contribution in [1.82, 2.24) is 10.6 Å². The van der Waals surface area contributed by atoms with Gasteiger partial charge in [-0.25, -0.2) is 0 Å². The first-order valence-corrected chi connectivity index (χ1v) is 8.99. The van der Waals surface area contributed by atoms with E-state index in [2.05, 4.69) is 24.5 Å². The second-order valence-corrected chi connectivity index (χ2v) is 6.97.